The second-order valence-corrected chi connectivity index (χ2v) is 25.9. The van der Waals surface area contributed by atoms with Crippen LogP contribution in [0.2, 0.25) is 0 Å². The number of rotatable bonds is 32. The first-order valence-corrected chi connectivity index (χ1v) is 29.5. The topological polar surface area (TPSA) is 237 Å². The standard InChI is InChI=1S/C37H54F13NO15S6/c1-4-25(68-12-15-71(57,58)59)29-28-27(30(52)51(31(28)53)5-6-64-9-10-65-8-7-63-3)24(66-29)19-26(69-13-16-72(60,61)62)22-17-21(20(2)67-11-14-70(54,55)56)18-23(22)32(38,39)33(40,41)34(42,43)35(44,45)36(46,47)37(48,49)50/h20-29H,4-19H2,1-3H3,(H,54,55,56)(H,57,58,59)(H,60,61,62). The van der Waals surface area contributed by atoms with Gasteiger partial charge in [-0.25, -0.2) is 0 Å². The Labute approximate surface area is 419 Å². The first-order valence-electron chi connectivity index (χ1n) is 21.5. The Morgan fingerprint density at radius 2 is 1.11 bits per heavy atom. The number of carbonyl (C=O) groups is 2. The highest BCUT2D eigenvalue weighted by molar-refractivity contribution is 8.01. The van der Waals surface area contributed by atoms with Crippen molar-refractivity contribution < 1.29 is 125 Å². The number of imide groups is 1. The highest BCUT2D eigenvalue weighted by Gasteiger charge is 2.91. The van der Waals surface area contributed by atoms with Gasteiger partial charge in [-0.05, 0) is 37.5 Å². The molecule has 0 bridgehead atoms. The lowest BCUT2D eigenvalue weighted by molar-refractivity contribution is -0.443. The molecule has 2 aliphatic heterocycles. The molecule has 72 heavy (non-hydrogen) atoms. The van der Waals surface area contributed by atoms with Crippen LogP contribution in [0.5, 0.6) is 0 Å². The van der Waals surface area contributed by atoms with Gasteiger partial charge >= 0.3 is 35.8 Å². The summed E-state index contributed by atoms with van der Waals surface area (Å²) in [5.41, 5.74) is 0. The Bertz CT molecular complexity index is 2170. The highest BCUT2D eigenvalue weighted by atomic mass is 32.2. The van der Waals surface area contributed by atoms with Gasteiger partial charge in [0.25, 0.3) is 30.4 Å². The second-order valence-electron chi connectivity index (χ2n) is 17.1. The van der Waals surface area contributed by atoms with Crippen LogP contribution in [0.4, 0.5) is 57.1 Å². The molecule has 0 aromatic heterocycles. The van der Waals surface area contributed by atoms with Crippen LogP contribution in [0.15, 0.2) is 0 Å². The van der Waals surface area contributed by atoms with Crippen LogP contribution in [-0.2, 0) is 58.9 Å². The van der Waals surface area contributed by atoms with Crippen LogP contribution < -0.4 is 0 Å². The number of ether oxygens (including phenoxy) is 4. The van der Waals surface area contributed by atoms with E-state index in [1.165, 1.54) is 14.0 Å². The molecule has 424 valence electrons. The van der Waals surface area contributed by atoms with E-state index in [2.05, 4.69) is 0 Å². The molecular weight excluding hydrogens is 1140 g/mol. The molecule has 0 aromatic carbocycles. The Balaban J connectivity index is 2.20. The largest absolute Gasteiger partial charge is 0.460 e. The van der Waals surface area contributed by atoms with Gasteiger partial charge < -0.3 is 18.9 Å². The summed E-state index contributed by atoms with van der Waals surface area (Å²) < 4.78 is 310. The summed E-state index contributed by atoms with van der Waals surface area (Å²) >= 11 is 1.65. The number of likely N-dealkylation sites (tertiary alicyclic amines) is 1. The molecule has 3 aliphatic rings. The van der Waals surface area contributed by atoms with Gasteiger partial charge in [-0.2, -0.15) is 118 Å². The van der Waals surface area contributed by atoms with Gasteiger partial charge in [0.1, 0.15) is 0 Å². The third-order valence-electron chi connectivity index (χ3n) is 12.4. The highest BCUT2D eigenvalue weighted by Crippen LogP contribution is 2.64. The van der Waals surface area contributed by atoms with Crippen LogP contribution in [-0.4, -0.2) is 201 Å². The predicted octanol–water partition coefficient (Wildman–Crippen LogP) is 6.20. The first-order chi connectivity index (χ1) is 32.7. The summed E-state index contributed by atoms with van der Waals surface area (Å²) in [4.78, 5) is 29.1. The number of alkyl halides is 13. The van der Waals surface area contributed by atoms with Crippen LogP contribution in [0.3, 0.4) is 0 Å². The van der Waals surface area contributed by atoms with E-state index in [0.717, 1.165) is 23.6 Å². The van der Waals surface area contributed by atoms with E-state index in [0.29, 0.717) is 11.8 Å². The molecule has 2 saturated heterocycles. The predicted molar refractivity (Wildman–Crippen MR) is 235 cm³/mol. The van der Waals surface area contributed by atoms with Gasteiger partial charge in [0, 0.05) is 46.0 Å². The van der Waals surface area contributed by atoms with Gasteiger partial charge in [-0.1, -0.05) is 13.8 Å². The van der Waals surface area contributed by atoms with Crippen molar-refractivity contribution in [3.8, 4) is 0 Å². The molecule has 1 aliphatic carbocycles. The lowest BCUT2D eigenvalue weighted by Gasteiger charge is -2.43. The number of thioether (sulfide) groups is 3. The number of amides is 2. The fraction of sp³-hybridized carbons (Fsp3) is 0.946. The molecule has 3 N–H and O–H groups in total. The molecule has 0 spiro atoms. The van der Waals surface area contributed by atoms with Gasteiger partial charge in [0.2, 0.25) is 11.8 Å². The van der Waals surface area contributed by atoms with E-state index in [1.54, 1.807) is 0 Å². The summed E-state index contributed by atoms with van der Waals surface area (Å²) in [5, 5.41) is -4.05. The summed E-state index contributed by atoms with van der Waals surface area (Å²) in [6.45, 7) is 2.37. The Hall–Kier alpha value is -1.15. The summed E-state index contributed by atoms with van der Waals surface area (Å²) in [6.07, 6.45) is -14.0. The average Bonchev–Trinajstić information content (AvgIpc) is 3.91. The van der Waals surface area contributed by atoms with Crippen molar-refractivity contribution in [3.63, 3.8) is 0 Å². The molecular formula is C37H54F13NO15S6. The number of carbonyl (C=O) groups excluding carboxylic acids is 2. The molecule has 2 heterocycles. The van der Waals surface area contributed by atoms with Crippen LogP contribution >= 0.6 is 35.3 Å². The lowest BCUT2D eigenvalue weighted by atomic mass is 9.78. The van der Waals surface area contributed by atoms with E-state index in [1.807, 2.05) is 0 Å². The maximum absolute atomic E-state index is 16.6. The van der Waals surface area contributed by atoms with Crippen LogP contribution in [0.1, 0.15) is 39.5 Å². The average molecular weight is 1190 g/mol. The molecule has 0 aromatic rings. The third-order valence-corrected chi connectivity index (χ3v) is 19.5. The minimum atomic E-state index is -8.25. The SMILES string of the molecule is CCC(SCCS(=O)(=O)O)C1OC(CC(SCCS(=O)(=O)O)C2CC(C(C)SCCS(=O)(=O)O)CC2C(F)(F)C(F)(F)C(F)(F)C(F)(F)C(F)(F)C(F)(F)F)C2C(=O)N(CCOCCOCCOC)C(=O)C12. The van der Waals surface area contributed by atoms with Gasteiger partial charge in [0.15, 0.2) is 0 Å². The molecule has 0 radical (unpaired) electrons. The van der Waals surface area contributed by atoms with E-state index in [9.17, 15) is 79.2 Å². The van der Waals surface area contributed by atoms with Crippen molar-refractivity contribution in [3.05, 3.63) is 0 Å². The Morgan fingerprint density at radius 3 is 1.60 bits per heavy atom. The Kier molecular flexibility index (Phi) is 22.7. The first kappa shape index (κ1) is 65.1. The maximum Gasteiger partial charge on any atom is 0.460 e. The van der Waals surface area contributed by atoms with Crippen molar-refractivity contribution in [2.45, 2.75) is 103 Å². The van der Waals surface area contributed by atoms with Crippen LogP contribution in [0, 0.1) is 29.6 Å². The zero-order valence-electron chi connectivity index (χ0n) is 38.1. The van der Waals surface area contributed by atoms with Crippen molar-refractivity contribution in [1.82, 2.24) is 4.90 Å². The fourth-order valence-corrected chi connectivity index (χ4v) is 15.4. The molecule has 2 amide bonds. The molecule has 10 unspecified atom stereocenters. The smallest absolute Gasteiger partial charge is 0.382 e. The molecule has 10 atom stereocenters. The number of hydrogen-bond acceptors (Lipinski definition) is 15. The monoisotopic (exact) mass is 1190 g/mol. The van der Waals surface area contributed by atoms with E-state index < -0.39 is 190 Å². The zero-order valence-corrected chi connectivity index (χ0v) is 43.0. The Morgan fingerprint density at radius 1 is 0.653 bits per heavy atom. The van der Waals surface area contributed by atoms with E-state index in [-0.39, 0.29) is 57.0 Å². The summed E-state index contributed by atoms with van der Waals surface area (Å²) in [6, 6.07) is 0. The number of nitrogens with zero attached hydrogens (tertiary/aromatic N) is 1. The second kappa shape index (κ2) is 25.1. The van der Waals surface area contributed by atoms with Gasteiger partial charge in [-0.3, -0.25) is 28.1 Å². The zero-order chi connectivity index (χ0) is 55.3. The van der Waals surface area contributed by atoms with Crippen LogP contribution in [0.25, 0.3) is 0 Å². The number of halogens is 13. The van der Waals surface area contributed by atoms with Gasteiger partial charge in [0.05, 0.1) is 80.9 Å². The molecule has 35 heteroatoms. The summed E-state index contributed by atoms with van der Waals surface area (Å²) in [7, 11) is -12.8. The number of hydrogen-bond donors (Lipinski definition) is 3. The third kappa shape index (κ3) is 15.5. The number of fused-ring (bicyclic) bond motifs is 1. The normalized spacial score (nSPS) is 25.6. The van der Waals surface area contributed by atoms with Crippen molar-refractivity contribution in [2.24, 2.45) is 29.6 Å². The molecule has 16 nitrogen and oxygen atoms in total. The van der Waals surface area contributed by atoms with Crippen molar-refractivity contribution >= 4 is 77.5 Å². The molecule has 3 rings (SSSR count). The van der Waals surface area contributed by atoms with Gasteiger partial charge in [-0.15, -0.1) is 0 Å². The van der Waals surface area contributed by atoms with Crippen molar-refractivity contribution in [1.29, 1.82) is 0 Å². The minimum absolute atomic E-state index is 0.0317. The molecule has 1 saturated carbocycles. The summed E-state index contributed by atoms with van der Waals surface area (Å²) in [5.74, 6) is -56.0. The number of methoxy groups -OCH3 is 1. The van der Waals surface area contributed by atoms with Crippen molar-refractivity contribution in [2.75, 3.05) is 81.2 Å². The van der Waals surface area contributed by atoms with E-state index >= 15 is 26.3 Å². The maximum atomic E-state index is 16.6. The minimum Gasteiger partial charge on any atom is -0.382 e. The fourth-order valence-electron chi connectivity index (χ4n) is 8.71. The molecule has 3 fully saturated rings. The quantitative estimate of drug-likeness (QED) is 0.0294. The van der Waals surface area contributed by atoms with E-state index in [4.69, 9.17) is 18.9 Å². The lowest BCUT2D eigenvalue weighted by Crippen LogP contribution is -2.71.